The summed E-state index contributed by atoms with van der Waals surface area (Å²) in [5, 5.41) is 11.5. The van der Waals surface area contributed by atoms with Crippen LogP contribution in [0.25, 0.3) is 10.8 Å². The molecule has 1 unspecified atom stereocenters. The fourth-order valence-electron chi connectivity index (χ4n) is 1.76. The van der Waals surface area contributed by atoms with Gasteiger partial charge in [0.15, 0.2) is 0 Å². The molecule has 0 aliphatic carbocycles. The van der Waals surface area contributed by atoms with E-state index in [-0.39, 0.29) is 0 Å². The molecule has 0 aliphatic heterocycles. The molecule has 0 spiro atoms. The number of aliphatic hydroxyl groups is 1. The lowest BCUT2D eigenvalue weighted by Gasteiger charge is -2.13. The highest BCUT2D eigenvalue weighted by molar-refractivity contribution is 5.90. The van der Waals surface area contributed by atoms with Crippen LogP contribution in [0.4, 0.5) is 0 Å². The zero-order valence-electron chi connectivity index (χ0n) is 12.6. The first-order valence-electron chi connectivity index (χ1n) is 6.78. The maximum atomic E-state index is 11.5. The van der Waals surface area contributed by atoms with Gasteiger partial charge < -0.3 is 14.6 Å². The Balaban J connectivity index is 2.23. The average molecular weight is 298 g/mol. The highest BCUT2D eigenvalue weighted by Gasteiger charge is 2.08. The molecular weight excluding hydrogens is 280 g/mol. The van der Waals surface area contributed by atoms with Gasteiger partial charge in [-0.15, -0.1) is 0 Å². The van der Waals surface area contributed by atoms with Crippen molar-refractivity contribution < 1.29 is 19.4 Å². The summed E-state index contributed by atoms with van der Waals surface area (Å²) in [6.45, 7) is 10.5. The van der Waals surface area contributed by atoms with Crippen molar-refractivity contribution in [2.45, 2.75) is 20.1 Å². The van der Waals surface area contributed by atoms with Crippen molar-refractivity contribution in [1.82, 2.24) is 0 Å². The molecule has 4 nitrogen and oxygen atoms in total. The molecule has 0 heterocycles. The van der Waals surface area contributed by atoms with E-state index in [1.165, 1.54) is 0 Å². The molecule has 0 aliphatic rings. The van der Waals surface area contributed by atoms with Gasteiger partial charge in [0.1, 0.15) is 11.5 Å². The van der Waals surface area contributed by atoms with Crippen LogP contribution in [0, 0.1) is 0 Å². The third-order valence-corrected chi connectivity index (χ3v) is 3.01. The number of hydrogen-bond acceptors (Lipinski definition) is 4. The third-order valence-electron chi connectivity index (χ3n) is 3.01. The summed E-state index contributed by atoms with van der Waals surface area (Å²) < 4.78 is 10.6. The number of rotatable bonds is 5. The molecule has 2 rings (SSSR count). The largest absolute Gasteiger partial charge is 0.461 e. The van der Waals surface area contributed by atoms with Gasteiger partial charge in [0.2, 0.25) is 6.29 Å². The molecule has 2 aromatic carbocycles. The van der Waals surface area contributed by atoms with Gasteiger partial charge in [0.25, 0.3) is 0 Å². The van der Waals surface area contributed by atoms with E-state index in [1.807, 2.05) is 12.1 Å². The van der Waals surface area contributed by atoms with Crippen molar-refractivity contribution in [3.8, 4) is 11.5 Å². The van der Waals surface area contributed by atoms with Crippen LogP contribution in [0.5, 0.6) is 11.5 Å². The van der Waals surface area contributed by atoms with E-state index in [1.54, 1.807) is 38.1 Å². The lowest BCUT2D eigenvalue weighted by molar-refractivity contribution is -0.130. The number of carbonyl (C=O) groups excluding carboxylic acids is 1. The summed E-state index contributed by atoms with van der Waals surface area (Å²) in [6.07, 6.45) is -1.03. The van der Waals surface area contributed by atoms with Crippen molar-refractivity contribution in [1.29, 1.82) is 0 Å². The molecule has 0 bridgehead atoms. The minimum absolute atomic E-state index is 0.345. The molecule has 114 valence electrons. The summed E-state index contributed by atoms with van der Waals surface area (Å²) in [4.78, 5) is 11.5. The highest BCUT2D eigenvalue weighted by atomic mass is 16.6. The number of hydrogen-bond donors (Lipinski definition) is 1. The minimum Gasteiger partial charge on any atom is -0.461 e. The molecule has 4 heteroatoms. The summed E-state index contributed by atoms with van der Waals surface area (Å²) in [5.74, 6) is 0.537. The lowest BCUT2D eigenvalue weighted by atomic mass is 10.1. The quantitative estimate of drug-likeness (QED) is 0.301. The molecule has 0 fully saturated rings. The van der Waals surface area contributed by atoms with Crippen LogP contribution >= 0.6 is 0 Å². The maximum absolute atomic E-state index is 11.5. The monoisotopic (exact) mass is 298 g/mol. The summed E-state index contributed by atoms with van der Waals surface area (Å²) >= 11 is 0. The Labute approximate surface area is 129 Å². The molecule has 0 aromatic heterocycles. The number of benzene rings is 2. The van der Waals surface area contributed by atoms with Crippen molar-refractivity contribution in [3.05, 3.63) is 60.7 Å². The second-order valence-corrected chi connectivity index (χ2v) is 5.16. The van der Waals surface area contributed by atoms with E-state index in [9.17, 15) is 9.90 Å². The summed E-state index contributed by atoms with van der Waals surface area (Å²) in [5.41, 5.74) is 0.875. The molecule has 0 amide bonds. The van der Waals surface area contributed by atoms with E-state index < -0.39 is 12.3 Å². The zero-order chi connectivity index (χ0) is 16.3. The molecular formula is C18H18O4. The summed E-state index contributed by atoms with van der Waals surface area (Å²) in [7, 11) is 0. The molecule has 1 atom stereocenters. The fourth-order valence-corrected chi connectivity index (χ4v) is 1.76. The van der Waals surface area contributed by atoms with Gasteiger partial charge in [0.05, 0.1) is 0 Å². The van der Waals surface area contributed by atoms with E-state index in [4.69, 9.17) is 9.47 Å². The van der Waals surface area contributed by atoms with Crippen LogP contribution in [-0.4, -0.2) is 17.4 Å². The average Bonchev–Trinajstić information content (AvgIpc) is 2.47. The second-order valence-electron chi connectivity index (χ2n) is 5.16. The second kappa shape index (κ2) is 6.45. The van der Waals surface area contributed by atoms with Gasteiger partial charge in [-0.05, 0) is 54.5 Å². The SMILES string of the molecule is C=C(C)C(=O)Oc1ccc2cc(OC(O)C(=C)C)ccc2c1. The van der Waals surface area contributed by atoms with Crippen molar-refractivity contribution in [2.75, 3.05) is 0 Å². The molecule has 1 N–H and O–H groups in total. The first-order valence-corrected chi connectivity index (χ1v) is 6.78. The molecule has 0 saturated carbocycles. The zero-order valence-corrected chi connectivity index (χ0v) is 12.6. The Hall–Kier alpha value is -2.59. The molecule has 22 heavy (non-hydrogen) atoms. The Bertz CT molecular complexity index is 746. The van der Waals surface area contributed by atoms with Crippen molar-refractivity contribution >= 4 is 16.7 Å². The van der Waals surface area contributed by atoms with Gasteiger partial charge in [-0.2, -0.15) is 0 Å². The van der Waals surface area contributed by atoms with Crippen LogP contribution < -0.4 is 9.47 Å². The van der Waals surface area contributed by atoms with E-state index in [0.717, 1.165) is 10.8 Å². The normalized spacial score (nSPS) is 11.8. The van der Waals surface area contributed by atoms with Crippen LogP contribution in [0.2, 0.25) is 0 Å². The highest BCUT2D eigenvalue weighted by Crippen LogP contribution is 2.26. The Morgan fingerprint density at radius 1 is 1.05 bits per heavy atom. The molecule has 2 aromatic rings. The maximum Gasteiger partial charge on any atom is 0.338 e. The molecule has 0 radical (unpaired) electrons. The smallest absolute Gasteiger partial charge is 0.338 e. The lowest BCUT2D eigenvalue weighted by Crippen LogP contribution is -2.15. The Morgan fingerprint density at radius 3 is 2.14 bits per heavy atom. The van der Waals surface area contributed by atoms with Crippen molar-refractivity contribution in [2.24, 2.45) is 0 Å². The standard InChI is InChI=1S/C18H18O4/c1-11(2)17(19)21-15-7-5-14-10-16(8-6-13(14)9-15)22-18(20)12(3)4/h5-10,17,19H,1,3H2,2,4H3. The predicted molar refractivity (Wildman–Crippen MR) is 85.8 cm³/mol. The first-order chi connectivity index (χ1) is 10.4. The van der Waals surface area contributed by atoms with Gasteiger partial charge >= 0.3 is 5.97 Å². The minimum atomic E-state index is -1.03. The van der Waals surface area contributed by atoms with Gasteiger partial charge in [-0.1, -0.05) is 25.3 Å². The van der Waals surface area contributed by atoms with E-state index in [2.05, 4.69) is 13.2 Å². The molecule has 0 saturated heterocycles. The first kappa shape index (κ1) is 15.8. The van der Waals surface area contributed by atoms with E-state index >= 15 is 0 Å². The third kappa shape index (κ3) is 3.74. The van der Waals surface area contributed by atoms with Crippen LogP contribution in [-0.2, 0) is 4.79 Å². The number of esters is 1. The fraction of sp³-hybridized carbons (Fsp3) is 0.167. The Morgan fingerprint density at radius 2 is 1.59 bits per heavy atom. The van der Waals surface area contributed by atoms with Gasteiger partial charge in [-0.3, -0.25) is 0 Å². The van der Waals surface area contributed by atoms with Crippen LogP contribution in [0.15, 0.2) is 60.7 Å². The number of carbonyl (C=O) groups is 1. The van der Waals surface area contributed by atoms with Gasteiger partial charge in [0, 0.05) is 5.57 Å². The Kier molecular flexibility index (Phi) is 4.63. The van der Waals surface area contributed by atoms with Crippen LogP contribution in [0.1, 0.15) is 13.8 Å². The van der Waals surface area contributed by atoms with Gasteiger partial charge in [-0.25, -0.2) is 4.79 Å². The van der Waals surface area contributed by atoms with Crippen LogP contribution in [0.3, 0.4) is 0 Å². The number of fused-ring (bicyclic) bond motifs is 1. The predicted octanol–water partition coefficient (Wildman–Crippen LogP) is 3.59. The van der Waals surface area contributed by atoms with Crippen molar-refractivity contribution in [3.63, 3.8) is 0 Å². The summed E-state index contributed by atoms with van der Waals surface area (Å²) in [6, 6.07) is 10.6. The van der Waals surface area contributed by atoms with E-state index in [0.29, 0.717) is 22.6 Å². The topological polar surface area (TPSA) is 55.8 Å². The number of aliphatic hydroxyl groups excluding tert-OH is 1. The number of ether oxygens (including phenoxy) is 2.